The summed E-state index contributed by atoms with van der Waals surface area (Å²) >= 11 is 4.12. The Kier molecular flexibility index (Phi) is 5.16. The van der Waals surface area contributed by atoms with Crippen LogP contribution in [0.1, 0.15) is 5.56 Å². The molecule has 1 heterocycles. The Labute approximate surface area is 108 Å². The molecule has 0 fully saturated rings. The molecule has 0 amide bonds. The van der Waals surface area contributed by atoms with Crippen LogP contribution in [-0.4, -0.2) is 43.6 Å². The molecule has 1 aromatic rings. The van der Waals surface area contributed by atoms with E-state index in [1.807, 2.05) is 12.1 Å². The number of para-hydroxylation sites is 1. The minimum absolute atomic E-state index is 0.726. The molecule has 1 aliphatic heterocycles. The lowest BCUT2D eigenvalue weighted by Gasteiger charge is -2.18. The van der Waals surface area contributed by atoms with Gasteiger partial charge in [0, 0.05) is 31.0 Å². The van der Waals surface area contributed by atoms with Crippen molar-refractivity contribution in [2.75, 3.05) is 38.7 Å². The van der Waals surface area contributed by atoms with Crippen LogP contribution >= 0.6 is 12.6 Å². The van der Waals surface area contributed by atoms with Gasteiger partial charge in [-0.15, -0.1) is 0 Å². The zero-order valence-corrected chi connectivity index (χ0v) is 10.9. The fourth-order valence-corrected chi connectivity index (χ4v) is 2.06. The van der Waals surface area contributed by atoms with Crippen molar-refractivity contribution in [2.24, 2.45) is 0 Å². The minimum atomic E-state index is 0.726. The molecule has 0 atom stereocenters. The van der Waals surface area contributed by atoms with E-state index < -0.39 is 0 Å². The standard InChI is InChI=1S/C13H19NO2S/c17-10-9-15-7-5-14-6-8-16-13-4-2-1-3-12(13)11-14/h1-4,17H,5-11H2. The molecule has 1 aromatic carbocycles. The summed E-state index contributed by atoms with van der Waals surface area (Å²) in [5.41, 5.74) is 1.26. The molecule has 0 aromatic heterocycles. The average molecular weight is 253 g/mol. The first-order chi connectivity index (χ1) is 8.40. The van der Waals surface area contributed by atoms with Crippen molar-refractivity contribution in [3.05, 3.63) is 29.8 Å². The molecule has 94 valence electrons. The SMILES string of the molecule is SCCOCCN1CCOc2ccccc2C1. The van der Waals surface area contributed by atoms with E-state index in [1.165, 1.54) is 5.56 Å². The number of rotatable bonds is 5. The quantitative estimate of drug-likeness (QED) is 0.639. The molecular formula is C13H19NO2S. The highest BCUT2D eigenvalue weighted by atomic mass is 32.1. The zero-order valence-electron chi connectivity index (χ0n) is 9.97. The maximum absolute atomic E-state index is 5.71. The average Bonchev–Trinajstić information content (AvgIpc) is 2.56. The number of fused-ring (bicyclic) bond motifs is 1. The highest BCUT2D eigenvalue weighted by molar-refractivity contribution is 7.80. The molecule has 0 aliphatic carbocycles. The molecular weight excluding hydrogens is 234 g/mol. The van der Waals surface area contributed by atoms with Crippen molar-refractivity contribution >= 4 is 12.6 Å². The molecule has 0 bridgehead atoms. The van der Waals surface area contributed by atoms with Gasteiger partial charge in [0.2, 0.25) is 0 Å². The van der Waals surface area contributed by atoms with Gasteiger partial charge in [0.25, 0.3) is 0 Å². The first-order valence-electron chi connectivity index (χ1n) is 6.02. The number of thiol groups is 1. The predicted molar refractivity (Wildman–Crippen MR) is 71.9 cm³/mol. The van der Waals surface area contributed by atoms with Crippen molar-refractivity contribution < 1.29 is 9.47 Å². The van der Waals surface area contributed by atoms with Gasteiger partial charge >= 0.3 is 0 Å². The first-order valence-corrected chi connectivity index (χ1v) is 6.65. The van der Waals surface area contributed by atoms with E-state index in [4.69, 9.17) is 9.47 Å². The number of hydrogen-bond donors (Lipinski definition) is 1. The van der Waals surface area contributed by atoms with Gasteiger partial charge in [-0.2, -0.15) is 12.6 Å². The van der Waals surface area contributed by atoms with E-state index in [2.05, 4.69) is 29.7 Å². The van der Waals surface area contributed by atoms with E-state index in [0.29, 0.717) is 0 Å². The molecule has 17 heavy (non-hydrogen) atoms. The largest absolute Gasteiger partial charge is 0.492 e. The lowest BCUT2D eigenvalue weighted by Crippen LogP contribution is -2.29. The van der Waals surface area contributed by atoms with Crippen molar-refractivity contribution in [3.8, 4) is 5.75 Å². The summed E-state index contributed by atoms with van der Waals surface area (Å²) < 4.78 is 11.2. The Balaban J connectivity index is 1.85. The molecule has 0 N–H and O–H groups in total. The van der Waals surface area contributed by atoms with E-state index in [-0.39, 0.29) is 0 Å². The van der Waals surface area contributed by atoms with E-state index in [1.54, 1.807) is 0 Å². The van der Waals surface area contributed by atoms with Crippen LogP contribution in [-0.2, 0) is 11.3 Å². The number of benzene rings is 1. The van der Waals surface area contributed by atoms with Gasteiger partial charge in [-0.05, 0) is 6.07 Å². The third-order valence-electron chi connectivity index (χ3n) is 2.82. The highest BCUT2D eigenvalue weighted by Crippen LogP contribution is 2.21. The van der Waals surface area contributed by atoms with E-state index in [0.717, 1.165) is 51.0 Å². The monoisotopic (exact) mass is 253 g/mol. The summed E-state index contributed by atoms with van der Waals surface area (Å²) in [5, 5.41) is 0. The summed E-state index contributed by atoms with van der Waals surface area (Å²) in [7, 11) is 0. The third kappa shape index (κ3) is 3.91. The molecule has 0 saturated heterocycles. The van der Waals surface area contributed by atoms with Crippen LogP contribution in [0.5, 0.6) is 5.75 Å². The second-order valence-electron chi connectivity index (χ2n) is 4.07. The number of ether oxygens (including phenoxy) is 2. The van der Waals surface area contributed by atoms with Gasteiger partial charge in [-0.3, -0.25) is 4.90 Å². The summed E-state index contributed by atoms with van der Waals surface area (Å²) in [6.45, 7) is 5.10. The Bertz CT molecular complexity index is 346. The Morgan fingerprint density at radius 1 is 1.29 bits per heavy atom. The van der Waals surface area contributed by atoms with Crippen LogP contribution in [0.2, 0.25) is 0 Å². The van der Waals surface area contributed by atoms with Gasteiger partial charge in [0.05, 0.1) is 13.2 Å². The second kappa shape index (κ2) is 6.89. The van der Waals surface area contributed by atoms with Crippen LogP contribution in [0.3, 0.4) is 0 Å². The van der Waals surface area contributed by atoms with Gasteiger partial charge in [-0.25, -0.2) is 0 Å². The van der Waals surface area contributed by atoms with Crippen molar-refractivity contribution in [1.29, 1.82) is 0 Å². The normalized spacial score (nSPS) is 16.1. The lowest BCUT2D eigenvalue weighted by atomic mass is 10.2. The number of nitrogens with zero attached hydrogens (tertiary/aromatic N) is 1. The summed E-state index contributed by atoms with van der Waals surface area (Å²) in [4.78, 5) is 2.37. The van der Waals surface area contributed by atoms with Gasteiger partial charge < -0.3 is 9.47 Å². The predicted octanol–water partition coefficient (Wildman–Crippen LogP) is 1.83. The van der Waals surface area contributed by atoms with Crippen LogP contribution in [0.15, 0.2) is 24.3 Å². The fraction of sp³-hybridized carbons (Fsp3) is 0.538. The smallest absolute Gasteiger partial charge is 0.123 e. The molecule has 0 saturated carbocycles. The molecule has 1 aliphatic rings. The van der Waals surface area contributed by atoms with Crippen molar-refractivity contribution in [1.82, 2.24) is 4.90 Å². The first kappa shape index (κ1) is 12.7. The molecule has 4 heteroatoms. The zero-order chi connectivity index (χ0) is 11.9. The van der Waals surface area contributed by atoms with E-state index in [9.17, 15) is 0 Å². The highest BCUT2D eigenvalue weighted by Gasteiger charge is 2.13. The topological polar surface area (TPSA) is 21.7 Å². The van der Waals surface area contributed by atoms with Crippen LogP contribution in [0.4, 0.5) is 0 Å². The fourth-order valence-electron chi connectivity index (χ4n) is 1.93. The maximum atomic E-state index is 5.71. The summed E-state index contributed by atoms with van der Waals surface area (Å²) in [6, 6.07) is 8.24. The van der Waals surface area contributed by atoms with Crippen LogP contribution < -0.4 is 4.74 Å². The minimum Gasteiger partial charge on any atom is -0.492 e. The molecule has 3 nitrogen and oxygen atoms in total. The van der Waals surface area contributed by atoms with Crippen molar-refractivity contribution in [3.63, 3.8) is 0 Å². The maximum Gasteiger partial charge on any atom is 0.123 e. The van der Waals surface area contributed by atoms with Gasteiger partial charge in [0.1, 0.15) is 12.4 Å². The van der Waals surface area contributed by atoms with E-state index >= 15 is 0 Å². The van der Waals surface area contributed by atoms with Crippen LogP contribution in [0, 0.1) is 0 Å². The Hall–Kier alpha value is -0.710. The van der Waals surface area contributed by atoms with Gasteiger partial charge in [0.15, 0.2) is 0 Å². The third-order valence-corrected chi connectivity index (χ3v) is 3.00. The molecule has 0 unspecified atom stereocenters. The van der Waals surface area contributed by atoms with Crippen LogP contribution in [0.25, 0.3) is 0 Å². The summed E-state index contributed by atoms with van der Waals surface area (Å²) in [6.07, 6.45) is 0. The molecule has 2 rings (SSSR count). The summed E-state index contributed by atoms with van der Waals surface area (Å²) in [5.74, 6) is 1.80. The van der Waals surface area contributed by atoms with Crippen molar-refractivity contribution in [2.45, 2.75) is 6.54 Å². The Morgan fingerprint density at radius 2 is 2.18 bits per heavy atom. The Morgan fingerprint density at radius 3 is 3.06 bits per heavy atom. The van der Waals surface area contributed by atoms with Gasteiger partial charge in [-0.1, -0.05) is 18.2 Å². The lowest BCUT2D eigenvalue weighted by molar-refractivity contribution is 0.109. The number of hydrogen-bond acceptors (Lipinski definition) is 4. The molecule has 0 spiro atoms. The second-order valence-corrected chi connectivity index (χ2v) is 4.52. The molecule has 0 radical (unpaired) electrons.